The summed E-state index contributed by atoms with van der Waals surface area (Å²) in [5.41, 5.74) is 4.98. The van der Waals surface area contributed by atoms with Gasteiger partial charge in [0.25, 0.3) is 0 Å². The van der Waals surface area contributed by atoms with Crippen LogP contribution in [0.4, 0.5) is 13.6 Å². The number of amides is 2. The second-order valence-corrected chi connectivity index (χ2v) is 7.01. The zero-order valence-corrected chi connectivity index (χ0v) is 16.7. The number of alkyl carbamates (subject to hydrolysis) is 1. The Hall–Kier alpha value is -2.67. The van der Waals surface area contributed by atoms with Crippen LogP contribution in [-0.4, -0.2) is 18.0 Å². The minimum atomic E-state index is -3.57. The van der Waals surface area contributed by atoms with Crippen LogP contribution in [0.5, 0.6) is 0 Å². The number of halogens is 3. The molecular formula is C21H23ClF2N2O3. The summed E-state index contributed by atoms with van der Waals surface area (Å²) >= 11 is 5.85. The molecule has 0 aliphatic heterocycles. The van der Waals surface area contributed by atoms with E-state index in [2.05, 4.69) is 5.32 Å². The predicted molar refractivity (Wildman–Crippen MR) is 107 cm³/mol. The lowest BCUT2D eigenvalue weighted by molar-refractivity contribution is -0.124. The summed E-state index contributed by atoms with van der Waals surface area (Å²) in [6.45, 7) is 1.91. The molecule has 0 saturated heterocycles. The molecule has 2 atom stereocenters. The average Bonchev–Trinajstić information content (AvgIpc) is 2.69. The highest BCUT2D eigenvalue weighted by molar-refractivity contribution is 6.30. The van der Waals surface area contributed by atoms with Crippen molar-refractivity contribution in [1.82, 2.24) is 5.32 Å². The number of benzene rings is 2. The minimum Gasteiger partial charge on any atom is -0.434 e. The summed E-state index contributed by atoms with van der Waals surface area (Å²) in [4.78, 5) is 23.9. The first kappa shape index (κ1) is 22.6. The van der Waals surface area contributed by atoms with Gasteiger partial charge in [0.15, 0.2) is 6.10 Å². The zero-order valence-electron chi connectivity index (χ0n) is 15.9. The van der Waals surface area contributed by atoms with Crippen LogP contribution in [0.15, 0.2) is 54.6 Å². The first-order valence-electron chi connectivity index (χ1n) is 9.21. The van der Waals surface area contributed by atoms with E-state index in [1.54, 1.807) is 18.2 Å². The van der Waals surface area contributed by atoms with E-state index in [4.69, 9.17) is 22.1 Å². The zero-order chi connectivity index (χ0) is 21.4. The normalized spacial score (nSPS) is 13.4. The van der Waals surface area contributed by atoms with E-state index in [1.165, 1.54) is 30.3 Å². The van der Waals surface area contributed by atoms with Crippen LogP contribution in [0.2, 0.25) is 5.02 Å². The summed E-state index contributed by atoms with van der Waals surface area (Å²) in [5.74, 6) is -4.33. The van der Waals surface area contributed by atoms with Gasteiger partial charge < -0.3 is 15.8 Å². The molecule has 0 radical (unpaired) electrons. The molecule has 2 aromatic carbocycles. The fourth-order valence-corrected chi connectivity index (χ4v) is 2.99. The van der Waals surface area contributed by atoms with E-state index >= 15 is 8.78 Å². The predicted octanol–water partition coefficient (Wildman–Crippen LogP) is 4.94. The van der Waals surface area contributed by atoms with Gasteiger partial charge >= 0.3 is 12.0 Å². The van der Waals surface area contributed by atoms with Crippen molar-refractivity contribution in [2.45, 2.75) is 44.3 Å². The maximum atomic E-state index is 15.3. The number of unbranched alkanes of at least 4 members (excludes halogenated alkanes) is 1. The first-order chi connectivity index (χ1) is 13.8. The molecule has 0 bridgehead atoms. The molecule has 0 heterocycles. The van der Waals surface area contributed by atoms with Gasteiger partial charge in [-0.1, -0.05) is 73.8 Å². The van der Waals surface area contributed by atoms with Crippen molar-refractivity contribution < 1.29 is 23.1 Å². The molecule has 1 unspecified atom stereocenters. The third-order valence-corrected chi connectivity index (χ3v) is 4.58. The number of rotatable bonds is 9. The fourth-order valence-electron chi connectivity index (χ4n) is 2.80. The summed E-state index contributed by atoms with van der Waals surface area (Å²) in [6, 6.07) is 11.8. The van der Waals surface area contributed by atoms with Gasteiger partial charge in [0, 0.05) is 10.6 Å². The van der Waals surface area contributed by atoms with Crippen molar-refractivity contribution in [3.8, 4) is 0 Å². The van der Waals surface area contributed by atoms with Gasteiger partial charge in [-0.2, -0.15) is 8.78 Å². The van der Waals surface area contributed by atoms with E-state index in [-0.39, 0.29) is 10.6 Å². The maximum absolute atomic E-state index is 15.3. The monoisotopic (exact) mass is 424 g/mol. The van der Waals surface area contributed by atoms with Crippen molar-refractivity contribution in [3.05, 3.63) is 70.7 Å². The molecule has 5 nitrogen and oxygen atoms in total. The molecule has 0 aromatic heterocycles. The molecular weight excluding hydrogens is 402 g/mol. The Balaban J connectivity index is 2.29. The lowest BCUT2D eigenvalue weighted by Gasteiger charge is -2.28. The molecule has 29 heavy (non-hydrogen) atoms. The summed E-state index contributed by atoms with van der Waals surface area (Å²) in [5, 5.41) is 2.42. The Kier molecular flexibility index (Phi) is 7.96. The quantitative estimate of drug-likeness (QED) is 0.598. The number of carbonyl (C=O) groups is 2. The van der Waals surface area contributed by atoms with Crippen molar-refractivity contribution in [1.29, 1.82) is 0 Å². The average molecular weight is 425 g/mol. The van der Waals surface area contributed by atoms with Gasteiger partial charge in [0.1, 0.15) is 6.04 Å². The van der Waals surface area contributed by atoms with Crippen molar-refractivity contribution in [2.75, 3.05) is 0 Å². The van der Waals surface area contributed by atoms with E-state index < -0.39 is 35.6 Å². The molecule has 2 amide bonds. The van der Waals surface area contributed by atoms with Crippen LogP contribution in [0.25, 0.3) is 0 Å². The highest BCUT2D eigenvalue weighted by Crippen LogP contribution is 2.43. The maximum Gasteiger partial charge on any atom is 0.408 e. The van der Waals surface area contributed by atoms with Crippen LogP contribution in [-0.2, 0) is 15.5 Å². The number of primary amides is 1. The summed E-state index contributed by atoms with van der Waals surface area (Å²) < 4.78 is 35.7. The van der Waals surface area contributed by atoms with Gasteiger partial charge in [-0.3, -0.25) is 4.79 Å². The van der Waals surface area contributed by atoms with Crippen molar-refractivity contribution in [2.24, 2.45) is 5.73 Å². The highest BCUT2D eigenvalue weighted by atomic mass is 35.5. The van der Waals surface area contributed by atoms with Crippen molar-refractivity contribution >= 4 is 23.6 Å². The topological polar surface area (TPSA) is 81.4 Å². The molecule has 0 aliphatic rings. The van der Waals surface area contributed by atoms with Crippen LogP contribution < -0.4 is 11.1 Å². The number of hydrogen-bond acceptors (Lipinski definition) is 3. The molecule has 3 N–H and O–H groups in total. The second kappa shape index (κ2) is 10.2. The Bertz CT molecular complexity index is 834. The largest absolute Gasteiger partial charge is 0.434 e. The fraction of sp³-hybridized carbons (Fsp3) is 0.333. The van der Waals surface area contributed by atoms with Gasteiger partial charge in [0.05, 0.1) is 0 Å². The van der Waals surface area contributed by atoms with Gasteiger partial charge in [-0.25, -0.2) is 4.79 Å². The molecule has 156 valence electrons. The Morgan fingerprint density at radius 3 is 2.45 bits per heavy atom. The van der Waals surface area contributed by atoms with Crippen LogP contribution in [0.1, 0.15) is 43.4 Å². The van der Waals surface area contributed by atoms with Crippen molar-refractivity contribution in [3.63, 3.8) is 0 Å². The number of ether oxygens (including phenoxy) is 1. The molecule has 0 saturated carbocycles. The second-order valence-electron chi connectivity index (χ2n) is 6.57. The Labute approximate surface area is 173 Å². The first-order valence-corrected chi connectivity index (χ1v) is 9.58. The molecule has 0 fully saturated rings. The SMILES string of the molecule is CCCC[C@H](NC(=O)OC(c1ccccc1)C(F)(F)c1cccc(Cl)c1)C(N)=O. The molecule has 0 aliphatic carbocycles. The smallest absolute Gasteiger partial charge is 0.408 e. The number of nitrogens with two attached hydrogens (primary N) is 1. The number of alkyl halides is 2. The molecule has 0 spiro atoms. The Morgan fingerprint density at radius 2 is 1.86 bits per heavy atom. The van der Waals surface area contributed by atoms with Gasteiger partial charge in [0.2, 0.25) is 5.91 Å². The van der Waals surface area contributed by atoms with E-state index in [1.807, 2.05) is 6.92 Å². The van der Waals surface area contributed by atoms with Gasteiger partial charge in [-0.05, 0) is 24.1 Å². The third kappa shape index (κ3) is 6.15. The lowest BCUT2D eigenvalue weighted by Crippen LogP contribution is -2.45. The molecule has 2 aromatic rings. The minimum absolute atomic E-state index is 0.0943. The lowest BCUT2D eigenvalue weighted by atomic mass is 9.97. The number of hydrogen-bond donors (Lipinski definition) is 2. The van der Waals surface area contributed by atoms with E-state index in [0.717, 1.165) is 12.5 Å². The number of nitrogens with one attached hydrogen (secondary N) is 1. The highest BCUT2D eigenvalue weighted by Gasteiger charge is 2.45. The van der Waals surface area contributed by atoms with E-state index in [9.17, 15) is 9.59 Å². The number of carbonyl (C=O) groups excluding carboxylic acids is 2. The summed E-state index contributed by atoms with van der Waals surface area (Å²) in [7, 11) is 0. The summed E-state index contributed by atoms with van der Waals surface area (Å²) in [6.07, 6.45) is -1.38. The standard InChI is InChI=1S/C21H23ClF2N2O3/c1-2-3-12-17(19(25)27)26-20(28)29-18(14-8-5-4-6-9-14)21(23,24)15-10-7-11-16(22)13-15/h4-11,13,17-18H,2-3,12H2,1H3,(H2,25,27)(H,26,28)/t17-,18?/m0/s1. The van der Waals surface area contributed by atoms with Crippen LogP contribution in [0, 0.1) is 0 Å². The third-order valence-electron chi connectivity index (χ3n) is 4.35. The van der Waals surface area contributed by atoms with Gasteiger partial charge in [-0.15, -0.1) is 0 Å². The van der Waals surface area contributed by atoms with E-state index in [0.29, 0.717) is 12.8 Å². The molecule has 8 heteroatoms. The van der Waals surface area contributed by atoms with Crippen LogP contribution >= 0.6 is 11.6 Å². The van der Waals surface area contributed by atoms with Crippen LogP contribution in [0.3, 0.4) is 0 Å². The molecule has 2 rings (SSSR count). The Morgan fingerprint density at radius 1 is 1.17 bits per heavy atom.